The van der Waals surface area contributed by atoms with Crippen LogP contribution in [0.5, 0.6) is 5.75 Å². The van der Waals surface area contributed by atoms with Crippen LogP contribution in [0, 0.1) is 5.92 Å². The van der Waals surface area contributed by atoms with Crippen LogP contribution in [0.3, 0.4) is 0 Å². The monoisotopic (exact) mass is 313 g/mol. The first-order valence-electron chi connectivity index (χ1n) is 8.57. The molecule has 0 spiro atoms. The molecule has 4 heteroatoms. The average Bonchev–Trinajstić information content (AvgIpc) is 2.54. The summed E-state index contributed by atoms with van der Waals surface area (Å²) in [6.07, 6.45) is 4.50. The average molecular weight is 313 g/mol. The molecule has 124 valence electrons. The van der Waals surface area contributed by atoms with E-state index in [1.54, 1.807) is 7.11 Å². The van der Waals surface area contributed by atoms with Gasteiger partial charge in [0.05, 0.1) is 24.4 Å². The summed E-state index contributed by atoms with van der Waals surface area (Å²) >= 11 is 0. The van der Waals surface area contributed by atoms with Crippen molar-refractivity contribution >= 4 is 22.3 Å². The van der Waals surface area contributed by atoms with E-state index < -0.39 is 0 Å². The number of ether oxygens (including phenoxy) is 1. The van der Waals surface area contributed by atoms with Gasteiger partial charge in [-0.2, -0.15) is 0 Å². The Labute approximate surface area is 138 Å². The number of nitrogens with zero attached hydrogens (tertiary/aromatic N) is 2. The van der Waals surface area contributed by atoms with Gasteiger partial charge < -0.3 is 15.0 Å². The largest absolute Gasteiger partial charge is 0.496 e. The molecule has 2 aromatic rings. The van der Waals surface area contributed by atoms with Crippen molar-refractivity contribution in [2.24, 2.45) is 5.92 Å². The van der Waals surface area contributed by atoms with Crippen LogP contribution >= 0.6 is 0 Å². The molecule has 1 unspecified atom stereocenters. The van der Waals surface area contributed by atoms with E-state index in [0.717, 1.165) is 35.7 Å². The zero-order valence-electron chi connectivity index (χ0n) is 14.6. The summed E-state index contributed by atoms with van der Waals surface area (Å²) in [6, 6.07) is 6.60. The molecule has 0 radical (unpaired) electrons. The van der Waals surface area contributed by atoms with E-state index in [1.807, 2.05) is 12.3 Å². The third kappa shape index (κ3) is 3.21. The Bertz CT molecular complexity index is 684. The van der Waals surface area contributed by atoms with Crippen molar-refractivity contribution in [3.8, 4) is 5.75 Å². The molecule has 1 aliphatic rings. The van der Waals surface area contributed by atoms with Crippen LogP contribution in [0.4, 0.5) is 11.5 Å². The van der Waals surface area contributed by atoms with E-state index >= 15 is 0 Å². The second kappa shape index (κ2) is 6.65. The molecule has 1 aliphatic heterocycles. The van der Waals surface area contributed by atoms with Gasteiger partial charge >= 0.3 is 0 Å². The summed E-state index contributed by atoms with van der Waals surface area (Å²) in [7, 11) is 1.74. The number of fused-ring (bicyclic) bond motifs is 1. The Morgan fingerprint density at radius 1 is 1.35 bits per heavy atom. The molecular formula is C19H27N3O. The van der Waals surface area contributed by atoms with E-state index in [1.165, 1.54) is 18.2 Å². The Morgan fingerprint density at radius 2 is 2.17 bits per heavy atom. The predicted octanol–water partition coefficient (Wildman–Crippen LogP) is 4.30. The maximum Gasteiger partial charge on any atom is 0.140 e. The second-order valence-corrected chi connectivity index (χ2v) is 6.87. The van der Waals surface area contributed by atoms with Crippen molar-refractivity contribution < 1.29 is 4.74 Å². The molecule has 23 heavy (non-hydrogen) atoms. The lowest BCUT2D eigenvalue weighted by Gasteiger charge is -2.33. The summed E-state index contributed by atoms with van der Waals surface area (Å²) in [5.41, 5.74) is 1.07. The van der Waals surface area contributed by atoms with Gasteiger partial charge in [0.25, 0.3) is 0 Å². The van der Waals surface area contributed by atoms with Gasteiger partial charge in [-0.05, 0) is 38.7 Å². The van der Waals surface area contributed by atoms with E-state index in [-0.39, 0.29) is 0 Å². The fourth-order valence-electron chi connectivity index (χ4n) is 3.46. The molecule has 1 N–H and O–H groups in total. The highest BCUT2D eigenvalue weighted by Gasteiger charge is 2.22. The highest BCUT2D eigenvalue weighted by molar-refractivity contribution is 6.04. The van der Waals surface area contributed by atoms with Gasteiger partial charge in [-0.15, -0.1) is 0 Å². The van der Waals surface area contributed by atoms with Crippen LogP contribution < -0.4 is 15.0 Å². The van der Waals surface area contributed by atoms with Gasteiger partial charge in [-0.1, -0.05) is 19.1 Å². The minimum atomic E-state index is 0.368. The number of benzene rings is 1. The molecule has 3 rings (SSSR count). The molecule has 0 aliphatic carbocycles. The van der Waals surface area contributed by atoms with Crippen LogP contribution in [0.2, 0.25) is 0 Å². The van der Waals surface area contributed by atoms with E-state index in [4.69, 9.17) is 9.72 Å². The third-order valence-corrected chi connectivity index (χ3v) is 4.48. The first kappa shape index (κ1) is 15.9. The Morgan fingerprint density at radius 3 is 2.87 bits per heavy atom. The van der Waals surface area contributed by atoms with E-state index in [2.05, 4.69) is 43.1 Å². The number of hydrogen-bond donors (Lipinski definition) is 1. The van der Waals surface area contributed by atoms with Gasteiger partial charge in [-0.25, -0.2) is 4.98 Å². The first-order valence-corrected chi connectivity index (χ1v) is 8.57. The molecule has 4 nitrogen and oxygen atoms in total. The molecular weight excluding hydrogens is 286 g/mol. The fraction of sp³-hybridized carbons (Fsp3) is 0.526. The molecule has 1 fully saturated rings. The molecule has 0 saturated carbocycles. The first-order chi connectivity index (χ1) is 11.1. The highest BCUT2D eigenvalue weighted by Crippen LogP contribution is 2.38. The van der Waals surface area contributed by atoms with Gasteiger partial charge in [0.15, 0.2) is 0 Å². The van der Waals surface area contributed by atoms with Crippen molar-refractivity contribution in [1.29, 1.82) is 0 Å². The summed E-state index contributed by atoms with van der Waals surface area (Å²) < 4.78 is 5.65. The summed E-state index contributed by atoms with van der Waals surface area (Å²) in [6.45, 7) is 8.75. The quantitative estimate of drug-likeness (QED) is 0.913. The summed E-state index contributed by atoms with van der Waals surface area (Å²) in [5, 5.41) is 5.80. The highest BCUT2D eigenvalue weighted by atomic mass is 16.5. The van der Waals surface area contributed by atoms with Gasteiger partial charge in [-0.3, -0.25) is 0 Å². The van der Waals surface area contributed by atoms with Crippen molar-refractivity contribution in [2.75, 3.05) is 30.4 Å². The fourth-order valence-corrected chi connectivity index (χ4v) is 3.46. The van der Waals surface area contributed by atoms with Crippen molar-refractivity contribution in [2.45, 2.75) is 39.7 Å². The van der Waals surface area contributed by atoms with Crippen LogP contribution in [0.25, 0.3) is 10.8 Å². The van der Waals surface area contributed by atoms with Crippen molar-refractivity contribution in [3.63, 3.8) is 0 Å². The predicted molar refractivity (Wildman–Crippen MR) is 97.7 cm³/mol. The molecule has 1 saturated heterocycles. The SMILES string of the molecule is COc1cccc2c(NC(C)C)cnc(N3CCCC(C)C3)c12. The number of pyridine rings is 1. The Hall–Kier alpha value is -1.97. The molecule has 1 aromatic heterocycles. The lowest BCUT2D eigenvalue weighted by atomic mass is 9.99. The third-order valence-electron chi connectivity index (χ3n) is 4.48. The lowest BCUT2D eigenvalue weighted by Crippen LogP contribution is -2.35. The number of piperidine rings is 1. The standard InChI is InChI=1S/C19H27N3O/c1-13(2)21-16-11-20-19(22-10-6-7-14(3)12-22)18-15(16)8-5-9-17(18)23-4/h5,8-9,11,13-14,21H,6-7,10,12H2,1-4H3. The zero-order valence-corrected chi connectivity index (χ0v) is 14.6. The topological polar surface area (TPSA) is 37.4 Å². The number of methoxy groups -OCH3 is 1. The Balaban J connectivity index is 2.14. The Kier molecular flexibility index (Phi) is 4.60. The molecule has 0 amide bonds. The van der Waals surface area contributed by atoms with Crippen LogP contribution in [-0.2, 0) is 0 Å². The summed E-state index contributed by atoms with van der Waals surface area (Å²) in [4.78, 5) is 7.22. The number of anilines is 2. The minimum Gasteiger partial charge on any atom is -0.496 e. The second-order valence-electron chi connectivity index (χ2n) is 6.87. The lowest BCUT2D eigenvalue weighted by molar-refractivity contribution is 0.418. The minimum absolute atomic E-state index is 0.368. The summed E-state index contributed by atoms with van der Waals surface area (Å²) in [5.74, 6) is 2.66. The van der Waals surface area contributed by atoms with Crippen LogP contribution in [0.1, 0.15) is 33.6 Å². The molecule has 2 heterocycles. The van der Waals surface area contributed by atoms with Crippen LogP contribution in [-0.4, -0.2) is 31.2 Å². The maximum absolute atomic E-state index is 5.65. The normalized spacial score (nSPS) is 18.5. The molecule has 1 atom stereocenters. The van der Waals surface area contributed by atoms with E-state index in [9.17, 15) is 0 Å². The maximum atomic E-state index is 5.65. The van der Waals surface area contributed by atoms with Crippen LogP contribution in [0.15, 0.2) is 24.4 Å². The van der Waals surface area contributed by atoms with Gasteiger partial charge in [0.1, 0.15) is 11.6 Å². The van der Waals surface area contributed by atoms with Crippen molar-refractivity contribution in [1.82, 2.24) is 4.98 Å². The number of aromatic nitrogens is 1. The number of nitrogens with one attached hydrogen (secondary N) is 1. The van der Waals surface area contributed by atoms with E-state index in [0.29, 0.717) is 12.0 Å². The van der Waals surface area contributed by atoms with Crippen molar-refractivity contribution in [3.05, 3.63) is 24.4 Å². The van der Waals surface area contributed by atoms with Gasteiger partial charge in [0, 0.05) is 24.5 Å². The number of rotatable bonds is 4. The smallest absolute Gasteiger partial charge is 0.140 e. The number of hydrogen-bond acceptors (Lipinski definition) is 4. The molecule has 1 aromatic carbocycles. The zero-order chi connectivity index (χ0) is 16.4. The molecule has 0 bridgehead atoms. The van der Waals surface area contributed by atoms with Gasteiger partial charge in [0.2, 0.25) is 0 Å².